The molecule has 166 valence electrons. The largest absolute Gasteiger partial charge is 0.506 e. The third-order valence-electron chi connectivity index (χ3n) is 4.98. The van der Waals surface area contributed by atoms with Crippen molar-refractivity contribution in [2.75, 3.05) is 14.2 Å². The zero-order chi connectivity index (χ0) is 23.3. The molecule has 3 rings (SSSR count). The number of methoxy groups -OCH3 is 2. The predicted octanol–water partition coefficient (Wildman–Crippen LogP) is 5.62. The molecule has 7 heteroatoms. The zero-order valence-corrected chi connectivity index (χ0v) is 19.1. The lowest BCUT2D eigenvalue weighted by atomic mass is 9.97. The highest BCUT2D eigenvalue weighted by Crippen LogP contribution is 2.39. The van der Waals surface area contributed by atoms with E-state index in [1.807, 2.05) is 24.3 Å². The lowest BCUT2D eigenvalue weighted by molar-refractivity contribution is 0.0955. The number of hydrogen-bond acceptors (Lipinski definition) is 5. The summed E-state index contributed by atoms with van der Waals surface area (Å²) in [4.78, 5) is 12.2. The lowest BCUT2D eigenvalue weighted by Crippen LogP contribution is -2.17. The molecule has 0 bridgehead atoms. The number of phenols is 1. The van der Waals surface area contributed by atoms with Gasteiger partial charge < -0.3 is 14.6 Å². The van der Waals surface area contributed by atoms with E-state index in [0.717, 1.165) is 11.1 Å². The lowest BCUT2D eigenvalue weighted by Gasteiger charge is -2.15. The highest BCUT2D eigenvalue weighted by molar-refractivity contribution is 6.32. The molecule has 6 nitrogen and oxygen atoms in total. The second-order valence-corrected chi connectivity index (χ2v) is 7.85. The summed E-state index contributed by atoms with van der Waals surface area (Å²) < 4.78 is 11.2. The van der Waals surface area contributed by atoms with E-state index in [1.54, 1.807) is 14.2 Å². The Morgan fingerprint density at radius 3 is 2.19 bits per heavy atom. The van der Waals surface area contributed by atoms with Crippen molar-refractivity contribution in [3.8, 4) is 28.4 Å². The Hall–Kier alpha value is -3.51. The molecule has 32 heavy (non-hydrogen) atoms. The highest BCUT2D eigenvalue weighted by atomic mass is 35.5. The molecule has 0 saturated carbocycles. The number of aromatic hydroxyl groups is 1. The number of rotatable bonds is 7. The number of amides is 1. The molecule has 0 spiro atoms. The molecule has 0 radical (unpaired) electrons. The van der Waals surface area contributed by atoms with Gasteiger partial charge in [-0.05, 0) is 47.4 Å². The fraction of sp³-hybridized carbons (Fsp3) is 0.200. The average Bonchev–Trinajstić information content (AvgIpc) is 2.80. The number of phenolic OH excluding ortho intramolecular Hbond substituents is 1. The first-order valence-corrected chi connectivity index (χ1v) is 10.4. The summed E-state index contributed by atoms with van der Waals surface area (Å²) in [6, 6.07) is 16.1. The first-order chi connectivity index (χ1) is 15.3. The van der Waals surface area contributed by atoms with E-state index >= 15 is 0 Å². The minimum Gasteiger partial charge on any atom is -0.506 e. The van der Waals surface area contributed by atoms with Crippen molar-refractivity contribution < 1.29 is 19.4 Å². The standard InChI is InChI=1S/C25H25ClN2O4/c1-15(2)17-5-7-18(8-6-17)24-22(31-3)11-16(12-23(24)32-4)14-27-28-25(30)19-9-10-21(29)20(26)13-19/h5-15,29H,1-4H3,(H,28,30)/b27-14+. The smallest absolute Gasteiger partial charge is 0.271 e. The molecule has 0 aliphatic carbocycles. The van der Waals surface area contributed by atoms with Gasteiger partial charge in [0.25, 0.3) is 5.91 Å². The summed E-state index contributed by atoms with van der Waals surface area (Å²) in [6.45, 7) is 4.30. The predicted molar refractivity (Wildman–Crippen MR) is 127 cm³/mol. The van der Waals surface area contributed by atoms with Crippen LogP contribution in [0.3, 0.4) is 0 Å². The Balaban J connectivity index is 1.85. The van der Waals surface area contributed by atoms with Gasteiger partial charge in [-0.15, -0.1) is 0 Å². The van der Waals surface area contributed by atoms with E-state index < -0.39 is 5.91 Å². The van der Waals surface area contributed by atoms with Crippen molar-refractivity contribution in [2.24, 2.45) is 5.10 Å². The van der Waals surface area contributed by atoms with Gasteiger partial charge in [-0.1, -0.05) is 49.7 Å². The quantitative estimate of drug-likeness (QED) is 0.360. The molecule has 0 unspecified atom stereocenters. The van der Waals surface area contributed by atoms with Gasteiger partial charge >= 0.3 is 0 Å². The van der Waals surface area contributed by atoms with E-state index in [-0.39, 0.29) is 16.3 Å². The molecule has 0 aliphatic rings. The van der Waals surface area contributed by atoms with E-state index in [1.165, 1.54) is 30.0 Å². The number of ether oxygens (including phenoxy) is 2. The number of carbonyl (C=O) groups excluding carboxylic acids is 1. The molecule has 3 aromatic carbocycles. The van der Waals surface area contributed by atoms with Crippen LogP contribution in [0.5, 0.6) is 17.2 Å². The number of nitrogens with one attached hydrogen (secondary N) is 1. The van der Waals surface area contributed by atoms with Crippen molar-refractivity contribution in [1.82, 2.24) is 5.43 Å². The van der Waals surface area contributed by atoms with Gasteiger partial charge in [-0.3, -0.25) is 4.79 Å². The first kappa shape index (κ1) is 23.2. The number of halogens is 1. The van der Waals surface area contributed by atoms with E-state index in [0.29, 0.717) is 23.0 Å². The van der Waals surface area contributed by atoms with Crippen LogP contribution in [0.1, 0.15) is 41.3 Å². The van der Waals surface area contributed by atoms with Gasteiger partial charge in [-0.25, -0.2) is 5.43 Å². The van der Waals surface area contributed by atoms with Gasteiger partial charge in [0.2, 0.25) is 0 Å². The van der Waals surface area contributed by atoms with Crippen LogP contribution in [-0.2, 0) is 0 Å². The average molecular weight is 453 g/mol. The van der Waals surface area contributed by atoms with Crippen molar-refractivity contribution in [1.29, 1.82) is 0 Å². The number of carbonyl (C=O) groups is 1. The number of hydrazone groups is 1. The minimum atomic E-state index is -0.455. The first-order valence-electron chi connectivity index (χ1n) is 10.0. The molecular formula is C25H25ClN2O4. The number of benzene rings is 3. The highest BCUT2D eigenvalue weighted by Gasteiger charge is 2.15. The van der Waals surface area contributed by atoms with Crippen LogP contribution in [0.2, 0.25) is 5.02 Å². The van der Waals surface area contributed by atoms with Gasteiger partial charge in [0.1, 0.15) is 17.2 Å². The van der Waals surface area contributed by atoms with Gasteiger partial charge in [0.05, 0.1) is 31.0 Å². The summed E-state index contributed by atoms with van der Waals surface area (Å²) in [5, 5.41) is 13.6. The van der Waals surface area contributed by atoms with Crippen molar-refractivity contribution in [2.45, 2.75) is 19.8 Å². The number of hydrogen-bond donors (Lipinski definition) is 2. The fourth-order valence-electron chi connectivity index (χ4n) is 3.20. The maximum absolute atomic E-state index is 12.2. The topological polar surface area (TPSA) is 80.2 Å². The van der Waals surface area contributed by atoms with Gasteiger partial charge in [0.15, 0.2) is 0 Å². The van der Waals surface area contributed by atoms with Crippen LogP contribution in [0, 0.1) is 0 Å². The van der Waals surface area contributed by atoms with Crippen LogP contribution in [0.4, 0.5) is 0 Å². The van der Waals surface area contributed by atoms with Crippen molar-refractivity contribution in [3.63, 3.8) is 0 Å². The SMILES string of the molecule is COc1cc(/C=N/NC(=O)c2ccc(O)c(Cl)c2)cc(OC)c1-c1ccc(C(C)C)cc1. The second-order valence-electron chi connectivity index (χ2n) is 7.44. The Morgan fingerprint density at radius 1 is 1.03 bits per heavy atom. The summed E-state index contributed by atoms with van der Waals surface area (Å²) in [6.07, 6.45) is 1.50. The fourth-order valence-corrected chi connectivity index (χ4v) is 3.38. The Kier molecular flexibility index (Phi) is 7.38. The van der Waals surface area contributed by atoms with Crippen molar-refractivity contribution in [3.05, 3.63) is 76.3 Å². The Morgan fingerprint density at radius 2 is 1.66 bits per heavy atom. The molecule has 0 saturated heterocycles. The van der Waals surface area contributed by atoms with Crippen LogP contribution in [0.25, 0.3) is 11.1 Å². The summed E-state index contributed by atoms with van der Waals surface area (Å²) in [5.41, 5.74) is 6.47. The van der Waals surface area contributed by atoms with Crippen molar-refractivity contribution >= 4 is 23.7 Å². The molecule has 1 amide bonds. The normalized spacial score (nSPS) is 11.1. The molecule has 0 aromatic heterocycles. The van der Waals surface area contributed by atoms with E-state index in [9.17, 15) is 9.90 Å². The summed E-state index contributed by atoms with van der Waals surface area (Å²) in [7, 11) is 3.19. The summed E-state index contributed by atoms with van der Waals surface area (Å²) >= 11 is 5.85. The van der Waals surface area contributed by atoms with E-state index in [2.05, 4.69) is 36.5 Å². The molecule has 0 atom stereocenters. The zero-order valence-electron chi connectivity index (χ0n) is 18.3. The van der Waals surface area contributed by atoms with Crippen LogP contribution < -0.4 is 14.9 Å². The third-order valence-corrected chi connectivity index (χ3v) is 5.29. The van der Waals surface area contributed by atoms with Gasteiger partial charge in [-0.2, -0.15) is 5.10 Å². The molecule has 3 aromatic rings. The van der Waals surface area contributed by atoms with Crippen LogP contribution in [0.15, 0.2) is 59.7 Å². The van der Waals surface area contributed by atoms with Crippen LogP contribution >= 0.6 is 11.6 Å². The third kappa shape index (κ3) is 5.21. The molecule has 0 heterocycles. The maximum atomic E-state index is 12.2. The molecule has 0 aliphatic heterocycles. The summed E-state index contributed by atoms with van der Waals surface area (Å²) in [5.74, 6) is 1.15. The molecule has 0 fully saturated rings. The van der Waals surface area contributed by atoms with E-state index in [4.69, 9.17) is 21.1 Å². The van der Waals surface area contributed by atoms with Gasteiger partial charge in [0, 0.05) is 11.1 Å². The monoisotopic (exact) mass is 452 g/mol. The minimum absolute atomic E-state index is 0.0908. The van der Waals surface area contributed by atoms with Crippen LogP contribution in [-0.4, -0.2) is 31.4 Å². The molecular weight excluding hydrogens is 428 g/mol. The Labute approximate surface area is 192 Å². The maximum Gasteiger partial charge on any atom is 0.271 e. The Bertz CT molecular complexity index is 1120. The molecule has 2 N–H and O–H groups in total. The second kappa shape index (κ2) is 10.2. The number of nitrogens with zero attached hydrogens (tertiary/aromatic N) is 1.